The van der Waals surface area contributed by atoms with E-state index >= 15 is 0 Å². The van der Waals surface area contributed by atoms with E-state index in [-0.39, 0.29) is 0 Å². The molecule has 1 saturated heterocycles. The van der Waals surface area contributed by atoms with Gasteiger partial charge in [0.1, 0.15) is 0 Å². The summed E-state index contributed by atoms with van der Waals surface area (Å²) in [6.45, 7) is 14.2. The zero-order valence-electron chi connectivity index (χ0n) is 14.1. The van der Waals surface area contributed by atoms with Crippen LogP contribution in [0.25, 0.3) is 0 Å². The number of hydrogen-bond acceptors (Lipinski definition) is 3. The average Bonchev–Trinajstić information content (AvgIpc) is 2.86. The van der Waals surface area contributed by atoms with E-state index in [2.05, 4.69) is 56.6 Å². The van der Waals surface area contributed by atoms with Gasteiger partial charge in [-0.25, -0.2) is 0 Å². The molecule has 0 spiro atoms. The Morgan fingerprint density at radius 3 is 2.50 bits per heavy atom. The Balaban J connectivity index is 2.00. The monoisotopic (exact) mass is 298 g/mol. The molecule has 3 heteroatoms. The van der Waals surface area contributed by atoms with Crippen molar-refractivity contribution in [3.63, 3.8) is 0 Å². The minimum absolute atomic E-state index is 0.683. The van der Waals surface area contributed by atoms with Gasteiger partial charge in [0, 0.05) is 36.5 Å². The van der Waals surface area contributed by atoms with Crippen LogP contribution in [-0.4, -0.2) is 47.1 Å². The van der Waals surface area contributed by atoms with Gasteiger partial charge in [0.25, 0.3) is 0 Å². The Kier molecular flexibility index (Phi) is 6.25. The summed E-state index contributed by atoms with van der Waals surface area (Å²) < 4.78 is 0. The van der Waals surface area contributed by atoms with Crippen molar-refractivity contribution >= 4 is 11.8 Å². The van der Waals surface area contributed by atoms with E-state index in [4.69, 9.17) is 0 Å². The lowest BCUT2D eigenvalue weighted by atomic mass is 9.92. The van der Waals surface area contributed by atoms with Crippen molar-refractivity contribution in [1.29, 1.82) is 0 Å². The van der Waals surface area contributed by atoms with Crippen LogP contribution >= 0.6 is 11.8 Å². The van der Waals surface area contributed by atoms with E-state index in [1.54, 1.807) is 0 Å². The molecule has 1 saturated carbocycles. The summed E-state index contributed by atoms with van der Waals surface area (Å²) >= 11 is 2.18. The molecule has 0 aromatic carbocycles. The molecule has 0 amide bonds. The van der Waals surface area contributed by atoms with E-state index in [1.807, 2.05) is 0 Å². The lowest BCUT2D eigenvalue weighted by molar-refractivity contribution is 0.0477. The fourth-order valence-corrected chi connectivity index (χ4v) is 5.04. The Bertz CT molecular complexity index is 293. The topological polar surface area (TPSA) is 15.3 Å². The summed E-state index contributed by atoms with van der Waals surface area (Å²) in [6, 6.07) is 2.26. The Morgan fingerprint density at radius 2 is 1.90 bits per heavy atom. The van der Waals surface area contributed by atoms with Gasteiger partial charge in [-0.3, -0.25) is 4.90 Å². The molecule has 1 aliphatic heterocycles. The van der Waals surface area contributed by atoms with Gasteiger partial charge in [0.15, 0.2) is 0 Å². The van der Waals surface area contributed by atoms with Crippen molar-refractivity contribution in [2.45, 2.75) is 77.3 Å². The third kappa shape index (κ3) is 3.92. The SMILES string of the molecule is CCSC1CCC(N2CC(C(C)C)NCC2C(C)C)C1. The largest absolute Gasteiger partial charge is 0.311 e. The zero-order valence-corrected chi connectivity index (χ0v) is 14.9. The van der Waals surface area contributed by atoms with Crippen LogP contribution < -0.4 is 5.32 Å². The van der Waals surface area contributed by atoms with Crippen LogP contribution in [0.15, 0.2) is 0 Å². The van der Waals surface area contributed by atoms with Gasteiger partial charge in [-0.05, 0) is 36.9 Å². The second-order valence-electron chi connectivity index (χ2n) is 7.31. The molecule has 1 N–H and O–H groups in total. The molecule has 20 heavy (non-hydrogen) atoms. The van der Waals surface area contributed by atoms with Crippen molar-refractivity contribution in [1.82, 2.24) is 10.2 Å². The van der Waals surface area contributed by atoms with E-state index < -0.39 is 0 Å². The molecule has 2 aliphatic rings. The zero-order chi connectivity index (χ0) is 14.7. The van der Waals surface area contributed by atoms with Crippen LogP contribution in [0.3, 0.4) is 0 Å². The average molecular weight is 299 g/mol. The van der Waals surface area contributed by atoms with Crippen LogP contribution in [0.2, 0.25) is 0 Å². The van der Waals surface area contributed by atoms with Gasteiger partial charge in [0.05, 0.1) is 0 Å². The summed E-state index contributed by atoms with van der Waals surface area (Å²) in [5.74, 6) is 2.78. The Labute approximate surface area is 130 Å². The quantitative estimate of drug-likeness (QED) is 0.834. The molecular formula is C17H34N2S. The maximum absolute atomic E-state index is 3.79. The van der Waals surface area contributed by atoms with Crippen LogP contribution in [0.5, 0.6) is 0 Å². The predicted octanol–water partition coefficient (Wildman–Crippen LogP) is 3.62. The molecule has 0 radical (unpaired) electrons. The molecule has 0 aromatic rings. The highest BCUT2D eigenvalue weighted by Gasteiger charge is 2.38. The lowest BCUT2D eigenvalue weighted by Crippen LogP contribution is -2.62. The molecule has 2 rings (SSSR count). The fourth-order valence-electron chi connectivity index (χ4n) is 3.91. The molecule has 1 aliphatic carbocycles. The fraction of sp³-hybridized carbons (Fsp3) is 1.00. The van der Waals surface area contributed by atoms with Gasteiger partial charge in [-0.15, -0.1) is 0 Å². The maximum Gasteiger partial charge on any atom is 0.0247 e. The van der Waals surface area contributed by atoms with Gasteiger partial charge < -0.3 is 5.32 Å². The van der Waals surface area contributed by atoms with Crippen molar-refractivity contribution in [3.05, 3.63) is 0 Å². The molecule has 118 valence electrons. The summed E-state index contributed by atoms with van der Waals surface area (Å²) in [6.07, 6.45) is 4.28. The van der Waals surface area contributed by atoms with Crippen LogP contribution in [0, 0.1) is 11.8 Å². The highest BCUT2D eigenvalue weighted by Crippen LogP contribution is 2.35. The molecule has 4 unspecified atom stereocenters. The first-order valence-corrected chi connectivity index (χ1v) is 9.68. The molecular weight excluding hydrogens is 264 g/mol. The molecule has 0 aromatic heterocycles. The van der Waals surface area contributed by atoms with Crippen molar-refractivity contribution < 1.29 is 0 Å². The Hall–Kier alpha value is 0.270. The first kappa shape index (κ1) is 16.6. The normalized spacial score (nSPS) is 36.1. The van der Waals surface area contributed by atoms with E-state index in [0.29, 0.717) is 6.04 Å². The highest BCUT2D eigenvalue weighted by molar-refractivity contribution is 7.99. The number of hydrogen-bond donors (Lipinski definition) is 1. The Morgan fingerprint density at radius 1 is 1.15 bits per heavy atom. The third-order valence-corrected chi connectivity index (χ3v) is 6.46. The van der Waals surface area contributed by atoms with Crippen molar-refractivity contribution in [3.8, 4) is 0 Å². The van der Waals surface area contributed by atoms with Gasteiger partial charge in [-0.1, -0.05) is 34.6 Å². The molecule has 2 fully saturated rings. The molecule has 0 bridgehead atoms. The standard InChI is InChI=1S/C17H34N2S/c1-6-20-15-8-7-14(9-15)19-11-16(12(2)3)18-10-17(19)13(4)5/h12-18H,6-11H2,1-5H3. The molecule has 4 atom stereocenters. The highest BCUT2D eigenvalue weighted by atomic mass is 32.2. The van der Waals surface area contributed by atoms with Gasteiger partial charge in [-0.2, -0.15) is 11.8 Å². The predicted molar refractivity (Wildman–Crippen MR) is 91.5 cm³/mol. The smallest absolute Gasteiger partial charge is 0.0247 e. The van der Waals surface area contributed by atoms with Gasteiger partial charge >= 0.3 is 0 Å². The first-order chi connectivity index (χ1) is 9.52. The number of thioether (sulfide) groups is 1. The number of piperazine rings is 1. The van der Waals surface area contributed by atoms with Crippen LogP contribution in [0.1, 0.15) is 53.9 Å². The van der Waals surface area contributed by atoms with Crippen LogP contribution in [0.4, 0.5) is 0 Å². The minimum Gasteiger partial charge on any atom is -0.311 e. The summed E-state index contributed by atoms with van der Waals surface area (Å²) in [5, 5.41) is 4.71. The molecule has 1 heterocycles. The van der Waals surface area contributed by atoms with Gasteiger partial charge in [0.2, 0.25) is 0 Å². The van der Waals surface area contributed by atoms with E-state index in [9.17, 15) is 0 Å². The third-order valence-electron chi connectivity index (χ3n) is 5.23. The van der Waals surface area contributed by atoms with Crippen molar-refractivity contribution in [2.75, 3.05) is 18.8 Å². The second-order valence-corrected chi connectivity index (χ2v) is 8.89. The van der Waals surface area contributed by atoms with E-state index in [1.165, 1.54) is 38.1 Å². The maximum atomic E-state index is 3.79. The summed E-state index contributed by atoms with van der Waals surface area (Å²) in [7, 11) is 0. The van der Waals surface area contributed by atoms with Crippen LogP contribution in [-0.2, 0) is 0 Å². The minimum atomic E-state index is 0.683. The van der Waals surface area contributed by atoms with E-state index in [0.717, 1.165) is 29.2 Å². The van der Waals surface area contributed by atoms with Crippen molar-refractivity contribution in [2.24, 2.45) is 11.8 Å². The first-order valence-electron chi connectivity index (χ1n) is 8.63. The number of nitrogens with zero attached hydrogens (tertiary/aromatic N) is 1. The second kappa shape index (κ2) is 7.51. The summed E-state index contributed by atoms with van der Waals surface area (Å²) in [4.78, 5) is 2.88. The summed E-state index contributed by atoms with van der Waals surface area (Å²) in [5.41, 5.74) is 0. The lowest BCUT2D eigenvalue weighted by Gasteiger charge is -2.46. The number of rotatable bonds is 5. The molecule has 2 nitrogen and oxygen atoms in total. The number of nitrogens with one attached hydrogen (secondary N) is 1.